The molecule has 1 heterocycles. The number of anilines is 1. The summed E-state index contributed by atoms with van der Waals surface area (Å²) in [6, 6.07) is 7.66. The fourth-order valence-corrected chi connectivity index (χ4v) is 2.69. The van der Waals surface area contributed by atoms with E-state index in [4.69, 9.17) is 4.74 Å². The second kappa shape index (κ2) is 6.63. The number of aromatic nitrogens is 1. The molecular weight excluding hydrogens is 272 g/mol. The largest absolute Gasteiger partial charge is 0.372 e. The number of rotatable bonds is 5. The summed E-state index contributed by atoms with van der Waals surface area (Å²) >= 11 is 1.60. The average molecular weight is 290 g/mol. The van der Waals surface area contributed by atoms with Crippen molar-refractivity contribution in [3.8, 4) is 11.3 Å². The van der Waals surface area contributed by atoms with Crippen molar-refractivity contribution in [2.24, 2.45) is 0 Å². The fourth-order valence-electron chi connectivity index (χ4n) is 1.86. The van der Waals surface area contributed by atoms with Crippen LogP contribution in [-0.2, 0) is 9.53 Å². The van der Waals surface area contributed by atoms with Crippen LogP contribution >= 0.6 is 11.3 Å². The number of nitrogens with zero attached hydrogens (tertiary/aromatic N) is 1. The third kappa shape index (κ3) is 3.65. The van der Waals surface area contributed by atoms with Crippen LogP contribution in [0.5, 0.6) is 0 Å². The third-order valence-corrected chi connectivity index (χ3v) is 3.79. The summed E-state index contributed by atoms with van der Waals surface area (Å²) in [5, 5.41) is 5.75. The van der Waals surface area contributed by atoms with E-state index >= 15 is 0 Å². The van der Waals surface area contributed by atoms with Crippen LogP contribution in [0.3, 0.4) is 0 Å². The van der Waals surface area contributed by atoms with Gasteiger partial charge in [0.1, 0.15) is 11.1 Å². The Balaban J connectivity index is 2.13. The van der Waals surface area contributed by atoms with Gasteiger partial charge in [-0.25, -0.2) is 4.98 Å². The van der Waals surface area contributed by atoms with Crippen LogP contribution in [0.4, 0.5) is 5.69 Å². The highest BCUT2D eigenvalue weighted by molar-refractivity contribution is 7.10. The van der Waals surface area contributed by atoms with E-state index in [1.54, 1.807) is 11.3 Å². The minimum atomic E-state index is -0.0702. The third-order valence-electron chi connectivity index (χ3n) is 2.79. The van der Waals surface area contributed by atoms with E-state index in [9.17, 15) is 4.79 Å². The molecule has 1 aromatic carbocycles. The van der Waals surface area contributed by atoms with Gasteiger partial charge in [0.25, 0.3) is 0 Å². The molecule has 0 spiro atoms. The molecule has 5 heteroatoms. The molecule has 0 bridgehead atoms. The summed E-state index contributed by atoms with van der Waals surface area (Å²) in [4.78, 5) is 15.6. The van der Waals surface area contributed by atoms with E-state index in [1.165, 1.54) is 6.92 Å². The fraction of sp³-hybridized carbons (Fsp3) is 0.333. The molecule has 0 aliphatic heterocycles. The summed E-state index contributed by atoms with van der Waals surface area (Å²) in [5.41, 5.74) is 2.76. The van der Waals surface area contributed by atoms with E-state index in [0.717, 1.165) is 22.0 Å². The summed E-state index contributed by atoms with van der Waals surface area (Å²) in [6.45, 7) is 6.16. The van der Waals surface area contributed by atoms with Gasteiger partial charge in [-0.15, -0.1) is 11.3 Å². The number of hydrogen-bond donors (Lipinski definition) is 1. The lowest BCUT2D eigenvalue weighted by Gasteiger charge is -2.07. The quantitative estimate of drug-likeness (QED) is 0.909. The molecule has 1 atom stereocenters. The SMILES string of the molecule is CCO[C@@H](C)c1nc(-c2ccc(NC(C)=O)cc2)cs1. The van der Waals surface area contributed by atoms with Crippen LogP contribution in [0.1, 0.15) is 31.9 Å². The maximum atomic E-state index is 11.0. The number of benzene rings is 1. The summed E-state index contributed by atoms with van der Waals surface area (Å²) in [7, 11) is 0. The lowest BCUT2D eigenvalue weighted by atomic mass is 10.1. The lowest BCUT2D eigenvalue weighted by molar-refractivity contribution is -0.114. The molecule has 1 amide bonds. The van der Waals surface area contributed by atoms with Crippen molar-refractivity contribution in [2.75, 3.05) is 11.9 Å². The van der Waals surface area contributed by atoms with Gasteiger partial charge in [0.15, 0.2) is 0 Å². The highest BCUT2D eigenvalue weighted by Crippen LogP contribution is 2.27. The summed E-state index contributed by atoms with van der Waals surface area (Å²) in [5.74, 6) is -0.0702. The standard InChI is InChI=1S/C15H18N2O2S/c1-4-19-10(2)15-17-14(9-20-15)12-5-7-13(8-6-12)16-11(3)18/h5-10H,4H2,1-3H3,(H,16,18)/t10-/m0/s1. The molecule has 1 aromatic heterocycles. The van der Waals surface area contributed by atoms with Crippen molar-refractivity contribution in [3.05, 3.63) is 34.7 Å². The molecule has 0 fully saturated rings. The molecule has 0 aliphatic carbocycles. The zero-order chi connectivity index (χ0) is 14.5. The number of nitrogens with one attached hydrogen (secondary N) is 1. The summed E-state index contributed by atoms with van der Waals surface area (Å²) < 4.78 is 5.54. The molecule has 0 radical (unpaired) electrons. The van der Waals surface area contributed by atoms with Gasteiger partial charge in [0, 0.05) is 30.2 Å². The van der Waals surface area contributed by atoms with Gasteiger partial charge in [-0.2, -0.15) is 0 Å². The van der Waals surface area contributed by atoms with Crippen LogP contribution in [0.25, 0.3) is 11.3 Å². The molecule has 4 nitrogen and oxygen atoms in total. The molecule has 20 heavy (non-hydrogen) atoms. The molecule has 0 aliphatic rings. The predicted molar refractivity (Wildman–Crippen MR) is 81.9 cm³/mol. The highest BCUT2D eigenvalue weighted by Gasteiger charge is 2.11. The van der Waals surface area contributed by atoms with Gasteiger partial charge in [0.2, 0.25) is 5.91 Å². The molecule has 0 unspecified atom stereocenters. The second-order valence-electron chi connectivity index (χ2n) is 4.43. The van der Waals surface area contributed by atoms with Crippen LogP contribution in [0, 0.1) is 0 Å². The van der Waals surface area contributed by atoms with Crippen molar-refractivity contribution >= 4 is 22.9 Å². The first kappa shape index (κ1) is 14.7. The van der Waals surface area contributed by atoms with Gasteiger partial charge in [-0.05, 0) is 26.0 Å². The van der Waals surface area contributed by atoms with Crippen molar-refractivity contribution in [1.29, 1.82) is 0 Å². The number of thiazole rings is 1. The molecule has 0 saturated heterocycles. The van der Waals surface area contributed by atoms with Crippen LogP contribution < -0.4 is 5.32 Å². The first-order valence-corrected chi connectivity index (χ1v) is 7.43. The van der Waals surface area contributed by atoms with E-state index < -0.39 is 0 Å². The monoisotopic (exact) mass is 290 g/mol. The number of carbonyl (C=O) groups excluding carboxylic acids is 1. The zero-order valence-electron chi connectivity index (χ0n) is 11.8. The van der Waals surface area contributed by atoms with Crippen LogP contribution in [0.15, 0.2) is 29.6 Å². The Labute approximate surface area is 122 Å². The number of ether oxygens (including phenoxy) is 1. The first-order chi connectivity index (χ1) is 9.60. The smallest absolute Gasteiger partial charge is 0.221 e. The number of hydrogen-bond acceptors (Lipinski definition) is 4. The average Bonchev–Trinajstić information content (AvgIpc) is 2.89. The maximum absolute atomic E-state index is 11.0. The predicted octanol–water partition coefficient (Wildman–Crippen LogP) is 3.87. The Kier molecular flexibility index (Phi) is 4.87. The molecule has 106 valence electrons. The Hall–Kier alpha value is -1.72. The Morgan fingerprint density at radius 2 is 2.10 bits per heavy atom. The first-order valence-electron chi connectivity index (χ1n) is 6.55. The van der Waals surface area contributed by atoms with E-state index in [-0.39, 0.29) is 12.0 Å². The van der Waals surface area contributed by atoms with E-state index in [2.05, 4.69) is 10.3 Å². The van der Waals surface area contributed by atoms with Gasteiger partial charge in [-0.3, -0.25) is 4.79 Å². The zero-order valence-corrected chi connectivity index (χ0v) is 12.7. The van der Waals surface area contributed by atoms with E-state index in [0.29, 0.717) is 6.61 Å². The van der Waals surface area contributed by atoms with Gasteiger partial charge < -0.3 is 10.1 Å². The minimum Gasteiger partial charge on any atom is -0.372 e. The Morgan fingerprint density at radius 1 is 1.40 bits per heavy atom. The van der Waals surface area contributed by atoms with E-state index in [1.807, 2.05) is 43.5 Å². The minimum absolute atomic E-state index is 0.0254. The summed E-state index contributed by atoms with van der Waals surface area (Å²) in [6.07, 6.45) is 0.0254. The van der Waals surface area contributed by atoms with Crippen LogP contribution in [-0.4, -0.2) is 17.5 Å². The van der Waals surface area contributed by atoms with Crippen molar-refractivity contribution in [1.82, 2.24) is 4.98 Å². The molecular formula is C15H18N2O2S. The van der Waals surface area contributed by atoms with Crippen molar-refractivity contribution in [2.45, 2.75) is 26.9 Å². The Morgan fingerprint density at radius 3 is 2.70 bits per heavy atom. The molecule has 1 N–H and O–H groups in total. The number of amides is 1. The second-order valence-corrected chi connectivity index (χ2v) is 5.32. The van der Waals surface area contributed by atoms with Crippen LogP contribution in [0.2, 0.25) is 0 Å². The Bertz CT molecular complexity index is 578. The van der Waals surface area contributed by atoms with Gasteiger partial charge >= 0.3 is 0 Å². The van der Waals surface area contributed by atoms with Gasteiger partial charge in [-0.1, -0.05) is 12.1 Å². The normalized spacial score (nSPS) is 12.2. The highest BCUT2D eigenvalue weighted by atomic mass is 32.1. The molecule has 2 rings (SSSR count). The maximum Gasteiger partial charge on any atom is 0.221 e. The van der Waals surface area contributed by atoms with Crippen molar-refractivity contribution < 1.29 is 9.53 Å². The lowest BCUT2D eigenvalue weighted by Crippen LogP contribution is -2.05. The molecule has 2 aromatic rings. The molecule has 0 saturated carbocycles. The number of carbonyl (C=O) groups is 1. The van der Waals surface area contributed by atoms with Crippen molar-refractivity contribution in [3.63, 3.8) is 0 Å². The topological polar surface area (TPSA) is 51.2 Å². The van der Waals surface area contributed by atoms with Gasteiger partial charge in [0.05, 0.1) is 5.69 Å².